The predicted molar refractivity (Wildman–Crippen MR) is 136 cm³/mol. The lowest BCUT2D eigenvalue weighted by atomic mass is 9.90. The Morgan fingerprint density at radius 2 is 1.81 bits per heavy atom. The van der Waals surface area contributed by atoms with Crippen LogP contribution in [0.25, 0.3) is 0 Å². The molecule has 2 atom stereocenters. The number of ether oxygens (including phenoxy) is 2. The molecule has 1 saturated heterocycles. The van der Waals surface area contributed by atoms with Gasteiger partial charge in [-0.3, -0.25) is 4.79 Å². The van der Waals surface area contributed by atoms with Gasteiger partial charge in [-0.1, -0.05) is 23.8 Å². The van der Waals surface area contributed by atoms with E-state index in [0.717, 1.165) is 11.1 Å². The van der Waals surface area contributed by atoms with Crippen molar-refractivity contribution in [2.24, 2.45) is 4.36 Å². The molecule has 7 nitrogen and oxygen atoms in total. The van der Waals surface area contributed by atoms with E-state index in [1.807, 2.05) is 31.2 Å². The summed E-state index contributed by atoms with van der Waals surface area (Å²) in [7, 11) is -1.48. The first-order valence-corrected chi connectivity index (χ1v) is 14.2. The molecule has 37 heavy (non-hydrogen) atoms. The highest BCUT2D eigenvalue weighted by molar-refractivity contribution is 7.91. The fourth-order valence-electron chi connectivity index (χ4n) is 5.50. The first kappa shape index (κ1) is 25.9. The lowest BCUT2D eigenvalue weighted by molar-refractivity contribution is -0.141. The molecule has 10 heteroatoms. The third-order valence-electron chi connectivity index (χ3n) is 7.58. The van der Waals surface area contributed by atoms with E-state index in [4.69, 9.17) is 9.47 Å². The van der Waals surface area contributed by atoms with Gasteiger partial charge in [0.25, 0.3) is 0 Å². The first-order chi connectivity index (χ1) is 17.7. The highest BCUT2D eigenvalue weighted by Crippen LogP contribution is 2.38. The van der Waals surface area contributed by atoms with E-state index < -0.39 is 21.9 Å². The number of rotatable bonds is 6. The summed E-state index contributed by atoms with van der Waals surface area (Å²) in [5, 5.41) is 0. The molecule has 1 aliphatic carbocycles. The molecule has 2 aromatic rings. The van der Waals surface area contributed by atoms with E-state index in [1.165, 1.54) is 7.05 Å². The van der Waals surface area contributed by atoms with Crippen LogP contribution in [0.3, 0.4) is 0 Å². The lowest BCUT2D eigenvalue weighted by Crippen LogP contribution is -2.52. The Morgan fingerprint density at radius 3 is 2.51 bits per heavy atom. The van der Waals surface area contributed by atoms with Crippen LogP contribution in [0.15, 0.2) is 51.7 Å². The zero-order chi connectivity index (χ0) is 26.2. The van der Waals surface area contributed by atoms with Crippen LogP contribution in [0.4, 0.5) is 8.78 Å². The fourth-order valence-corrected chi connectivity index (χ4v) is 7.59. The number of hydrogen-bond donors (Lipinski definition) is 0. The van der Waals surface area contributed by atoms with E-state index >= 15 is 0 Å². The van der Waals surface area contributed by atoms with Crippen LogP contribution in [0, 0.1) is 6.92 Å². The minimum absolute atomic E-state index is 0.143. The Hall–Kier alpha value is -2.72. The van der Waals surface area contributed by atoms with E-state index in [0.29, 0.717) is 35.8 Å². The third kappa shape index (κ3) is 5.18. The Labute approximate surface area is 217 Å². The van der Waals surface area contributed by atoms with Crippen LogP contribution in [-0.4, -0.2) is 57.7 Å². The lowest BCUT2D eigenvalue weighted by Gasteiger charge is -2.39. The van der Waals surface area contributed by atoms with Gasteiger partial charge in [-0.2, -0.15) is 0 Å². The van der Waals surface area contributed by atoms with Crippen LogP contribution in [0.2, 0.25) is 0 Å². The highest BCUT2D eigenvalue weighted by atomic mass is 32.2. The van der Waals surface area contributed by atoms with Crippen LogP contribution in [0.1, 0.15) is 49.7 Å². The maximum absolute atomic E-state index is 14.2. The maximum Gasteiger partial charge on any atom is 0.248 e. The molecule has 0 N–H and O–H groups in total. The van der Waals surface area contributed by atoms with Gasteiger partial charge >= 0.3 is 0 Å². The third-order valence-corrected chi connectivity index (χ3v) is 10.0. The number of carbonyl (C=O) groups excluding carboxylic acids is 1. The molecule has 0 radical (unpaired) electrons. The monoisotopic (exact) mass is 533 g/mol. The SMILES string of the molecule is CN=[S@](=O)(c1ccc(C)cc1)N1CCC[C@H]1C(=O)N(Cc1ccc2c(c1)OCO2)C1CCC(F)(F)CC1. The molecule has 200 valence electrons. The summed E-state index contributed by atoms with van der Waals surface area (Å²) >= 11 is 0. The van der Waals surface area contributed by atoms with Gasteiger partial charge in [0.2, 0.25) is 18.6 Å². The van der Waals surface area contributed by atoms with Gasteiger partial charge in [-0.05, 0) is 62.4 Å². The number of halogens is 2. The Kier molecular flexibility index (Phi) is 7.15. The molecule has 2 fully saturated rings. The molecule has 2 aromatic carbocycles. The minimum atomic E-state index is -3.00. The smallest absolute Gasteiger partial charge is 0.248 e. The topological polar surface area (TPSA) is 71.4 Å². The fraction of sp³-hybridized carbons (Fsp3) is 0.519. The quantitative estimate of drug-likeness (QED) is 0.514. The molecular formula is C27H33F2N3O4S. The number of aryl methyl sites for hydroxylation is 1. The van der Waals surface area contributed by atoms with Gasteiger partial charge in [0.1, 0.15) is 16.0 Å². The second-order valence-electron chi connectivity index (χ2n) is 10.0. The standard InChI is InChI=1S/C27H33F2N3O4S/c1-19-5-8-22(9-6-19)37(34,30-2)32-15-3-4-23(32)26(33)31(21-11-13-27(28,29)14-12-21)17-20-7-10-24-25(16-20)36-18-35-24/h5-10,16,21,23H,3-4,11-15,17-18H2,1-2H3/t23-,37+/m0/s1. The van der Waals surface area contributed by atoms with Gasteiger partial charge in [0.15, 0.2) is 11.5 Å². The second kappa shape index (κ2) is 10.2. The zero-order valence-corrected chi connectivity index (χ0v) is 22.0. The van der Waals surface area contributed by atoms with Crippen LogP contribution >= 0.6 is 0 Å². The summed E-state index contributed by atoms with van der Waals surface area (Å²) < 4.78 is 59.2. The van der Waals surface area contributed by atoms with Crippen LogP contribution in [-0.2, 0) is 21.3 Å². The van der Waals surface area contributed by atoms with Crippen molar-refractivity contribution in [2.45, 2.75) is 74.9 Å². The van der Waals surface area contributed by atoms with Crippen molar-refractivity contribution in [1.82, 2.24) is 9.21 Å². The number of amides is 1. The van der Waals surface area contributed by atoms with Crippen molar-refractivity contribution in [3.63, 3.8) is 0 Å². The van der Waals surface area contributed by atoms with E-state index in [2.05, 4.69) is 4.36 Å². The number of nitrogens with zero attached hydrogens (tertiary/aromatic N) is 3. The molecule has 1 amide bonds. The van der Waals surface area contributed by atoms with Gasteiger partial charge in [-0.15, -0.1) is 0 Å². The van der Waals surface area contributed by atoms with E-state index in [1.54, 1.807) is 27.4 Å². The molecule has 3 aliphatic rings. The van der Waals surface area contributed by atoms with Crippen molar-refractivity contribution in [2.75, 3.05) is 20.4 Å². The Morgan fingerprint density at radius 1 is 1.11 bits per heavy atom. The van der Waals surface area contributed by atoms with Gasteiger partial charge < -0.3 is 14.4 Å². The average Bonchev–Trinajstić information content (AvgIpc) is 3.57. The molecule has 0 aromatic heterocycles. The molecule has 0 spiro atoms. The number of benzene rings is 2. The average molecular weight is 534 g/mol. The predicted octanol–water partition coefficient (Wildman–Crippen LogP) is 5.17. The number of fused-ring (bicyclic) bond motifs is 1. The molecule has 5 rings (SSSR count). The molecule has 0 unspecified atom stereocenters. The summed E-state index contributed by atoms with van der Waals surface area (Å²) in [5.41, 5.74) is 1.87. The molecule has 2 aliphatic heterocycles. The molecule has 0 bridgehead atoms. The van der Waals surface area contributed by atoms with Gasteiger partial charge in [0.05, 0.1) is 4.90 Å². The van der Waals surface area contributed by atoms with Gasteiger partial charge in [-0.25, -0.2) is 21.7 Å². The summed E-state index contributed by atoms with van der Waals surface area (Å²) in [5.74, 6) is -1.64. The van der Waals surface area contributed by atoms with Crippen molar-refractivity contribution in [3.8, 4) is 11.5 Å². The van der Waals surface area contributed by atoms with E-state index in [9.17, 15) is 17.8 Å². The minimum Gasteiger partial charge on any atom is -0.454 e. The summed E-state index contributed by atoms with van der Waals surface area (Å²) in [6.07, 6.45) is 1.19. The number of hydrogen-bond acceptors (Lipinski definition) is 5. The largest absolute Gasteiger partial charge is 0.454 e. The van der Waals surface area contributed by atoms with Gasteiger partial charge in [0, 0.05) is 39.0 Å². The highest BCUT2D eigenvalue weighted by Gasteiger charge is 2.44. The van der Waals surface area contributed by atoms with Crippen LogP contribution < -0.4 is 9.47 Å². The van der Waals surface area contributed by atoms with Crippen molar-refractivity contribution < 1.29 is 27.3 Å². The first-order valence-electron chi connectivity index (χ1n) is 12.8. The summed E-state index contributed by atoms with van der Waals surface area (Å²) in [4.78, 5) is 16.5. The summed E-state index contributed by atoms with van der Waals surface area (Å²) in [6, 6.07) is 11.9. The van der Waals surface area contributed by atoms with Crippen LogP contribution in [0.5, 0.6) is 11.5 Å². The maximum atomic E-state index is 14.2. The molecule has 2 heterocycles. The van der Waals surface area contributed by atoms with Crippen molar-refractivity contribution in [3.05, 3.63) is 53.6 Å². The normalized spacial score (nSPS) is 23.0. The Bertz CT molecular complexity index is 1270. The van der Waals surface area contributed by atoms with E-state index in [-0.39, 0.29) is 51.0 Å². The number of alkyl halides is 2. The zero-order valence-electron chi connectivity index (χ0n) is 21.2. The molecular weight excluding hydrogens is 500 g/mol. The molecule has 1 saturated carbocycles. The summed E-state index contributed by atoms with van der Waals surface area (Å²) in [6.45, 7) is 2.83. The van der Waals surface area contributed by atoms with Crippen molar-refractivity contribution >= 4 is 15.8 Å². The number of carbonyl (C=O) groups is 1. The van der Waals surface area contributed by atoms with Crippen molar-refractivity contribution in [1.29, 1.82) is 0 Å². The Balaban J connectivity index is 1.45. The second-order valence-corrected chi connectivity index (χ2v) is 12.3.